The van der Waals surface area contributed by atoms with Crippen LogP contribution < -0.4 is 5.32 Å². The maximum absolute atomic E-state index is 10.8. The van der Waals surface area contributed by atoms with Crippen molar-refractivity contribution in [1.82, 2.24) is 10.2 Å². The summed E-state index contributed by atoms with van der Waals surface area (Å²) in [5.74, 6) is 1.34. The van der Waals surface area contributed by atoms with Crippen LogP contribution in [0.3, 0.4) is 0 Å². The highest BCUT2D eigenvalue weighted by Crippen LogP contribution is 2.05. The molecule has 1 heterocycles. The van der Waals surface area contributed by atoms with Gasteiger partial charge in [0.25, 0.3) is 0 Å². The van der Waals surface area contributed by atoms with E-state index < -0.39 is 0 Å². The van der Waals surface area contributed by atoms with Crippen molar-refractivity contribution >= 4 is 18.7 Å². The molecule has 4 heteroatoms. The number of nitrogens with one attached hydrogen (secondary N) is 1. The van der Waals surface area contributed by atoms with Crippen molar-refractivity contribution in [1.29, 1.82) is 0 Å². The summed E-state index contributed by atoms with van der Waals surface area (Å²) in [5, 5.41) is 2.77. The van der Waals surface area contributed by atoms with Gasteiger partial charge in [-0.2, -0.15) is 12.6 Å². The summed E-state index contributed by atoms with van der Waals surface area (Å²) in [7, 11) is 1.80. The summed E-state index contributed by atoms with van der Waals surface area (Å²) in [5.41, 5.74) is 0. The number of hydrogen-bond donors (Lipinski definition) is 2. The second-order valence-corrected chi connectivity index (χ2v) is 2.98. The van der Waals surface area contributed by atoms with Crippen molar-refractivity contribution in [3.8, 4) is 0 Å². The van der Waals surface area contributed by atoms with Crippen molar-refractivity contribution in [2.24, 2.45) is 5.92 Å². The van der Waals surface area contributed by atoms with E-state index in [0.717, 1.165) is 18.8 Å². The molecule has 10 heavy (non-hydrogen) atoms. The minimum atomic E-state index is 0.0260. The molecule has 0 spiro atoms. The molecule has 1 aliphatic heterocycles. The van der Waals surface area contributed by atoms with Gasteiger partial charge in [-0.15, -0.1) is 0 Å². The molecule has 0 aromatic rings. The summed E-state index contributed by atoms with van der Waals surface area (Å²) in [6.45, 7) is 1.60. The number of carbonyl (C=O) groups is 1. The Morgan fingerprint density at radius 3 is 3.10 bits per heavy atom. The summed E-state index contributed by atoms with van der Waals surface area (Å²) < 4.78 is 0. The molecule has 0 aliphatic carbocycles. The maximum atomic E-state index is 10.8. The molecule has 0 bridgehead atoms. The number of carbonyl (C=O) groups excluding carboxylic acids is 1. The minimum Gasteiger partial charge on any atom is -0.338 e. The van der Waals surface area contributed by atoms with Crippen molar-refractivity contribution < 1.29 is 4.79 Å². The van der Waals surface area contributed by atoms with Gasteiger partial charge in [0.2, 0.25) is 0 Å². The normalized spacial score (nSPS) is 26.4. The SMILES string of the molecule is CN1CC(CS)CNC1=O. The van der Waals surface area contributed by atoms with E-state index in [9.17, 15) is 4.79 Å². The van der Waals surface area contributed by atoms with Gasteiger partial charge < -0.3 is 10.2 Å². The minimum absolute atomic E-state index is 0.0260. The molecule has 58 valence electrons. The van der Waals surface area contributed by atoms with Crippen LogP contribution in [0.4, 0.5) is 4.79 Å². The van der Waals surface area contributed by atoms with Gasteiger partial charge >= 0.3 is 6.03 Å². The first-order chi connectivity index (χ1) is 4.74. The highest BCUT2D eigenvalue weighted by atomic mass is 32.1. The Hall–Kier alpha value is -0.380. The van der Waals surface area contributed by atoms with Crippen LogP contribution in [0.15, 0.2) is 0 Å². The number of hydrogen-bond acceptors (Lipinski definition) is 2. The third kappa shape index (κ3) is 1.56. The number of nitrogens with zero attached hydrogens (tertiary/aromatic N) is 1. The quantitative estimate of drug-likeness (QED) is 0.527. The molecule has 0 radical (unpaired) electrons. The van der Waals surface area contributed by atoms with Crippen LogP contribution in [-0.4, -0.2) is 36.8 Å². The molecule has 1 N–H and O–H groups in total. The molecule has 1 aliphatic rings. The lowest BCUT2D eigenvalue weighted by Crippen LogP contribution is -2.49. The molecule has 1 unspecified atom stereocenters. The largest absolute Gasteiger partial charge is 0.338 e. The molecule has 0 aromatic carbocycles. The fourth-order valence-corrected chi connectivity index (χ4v) is 1.27. The standard InChI is InChI=1S/C6H12N2OS/c1-8-3-5(4-10)2-7-6(8)9/h5,10H,2-4H2,1H3,(H,7,9). The summed E-state index contributed by atoms with van der Waals surface area (Å²) >= 11 is 4.16. The fourth-order valence-electron chi connectivity index (χ4n) is 1.02. The molecule has 3 nitrogen and oxygen atoms in total. The smallest absolute Gasteiger partial charge is 0.317 e. The van der Waals surface area contributed by atoms with Crippen molar-refractivity contribution in [2.75, 3.05) is 25.9 Å². The van der Waals surface area contributed by atoms with Gasteiger partial charge in [-0.25, -0.2) is 4.79 Å². The van der Waals surface area contributed by atoms with Crippen LogP contribution in [0, 0.1) is 5.92 Å². The predicted octanol–water partition coefficient (Wildman–Crippen LogP) is 0.187. The molecule has 1 saturated heterocycles. The summed E-state index contributed by atoms with van der Waals surface area (Å²) in [6, 6.07) is 0.0260. The van der Waals surface area contributed by atoms with Crippen molar-refractivity contribution in [3.63, 3.8) is 0 Å². The summed E-state index contributed by atoms with van der Waals surface area (Å²) in [4.78, 5) is 12.5. The van der Waals surface area contributed by atoms with E-state index in [-0.39, 0.29) is 6.03 Å². The van der Waals surface area contributed by atoms with Crippen LogP contribution in [0.5, 0.6) is 0 Å². The van der Waals surface area contributed by atoms with Crippen LogP contribution in [0.1, 0.15) is 0 Å². The molecule has 1 fully saturated rings. The van der Waals surface area contributed by atoms with Gasteiger partial charge in [-0.05, 0) is 5.75 Å². The molecule has 1 rings (SSSR count). The first-order valence-electron chi connectivity index (χ1n) is 3.34. The van der Waals surface area contributed by atoms with Crippen LogP contribution in [0.2, 0.25) is 0 Å². The molecular formula is C6H12N2OS. The zero-order valence-corrected chi connectivity index (χ0v) is 6.90. The number of thiol groups is 1. The zero-order chi connectivity index (χ0) is 7.56. The van der Waals surface area contributed by atoms with E-state index in [1.165, 1.54) is 0 Å². The lowest BCUT2D eigenvalue weighted by molar-refractivity contribution is 0.186. The van der Waals surface area contributed by atoms with Gasteiger partial charge in [0, 0.05) is 26.1 Å². The van der Waals surface area contributed by atoms with E-state index >= 15 is 0 Å². The van der Waals surface area contributed by atoms with Gasteiger partial charge in [0.1, 0.15) is 0 Å². The lowest BCUT2D eigenvalue weighted by atomic mass is 10.1. The van der Waals surface area contributed by atoms with E-state index in [4.69, 9.17) is 0 Å². The predicted molar refractivity (Wildman–Crippen MR) is 43.4 cm³/mol. The number of urea groups is 1. The summed E-state index contributed by atoms with van der Waals surface area (Å²) in [6.07, 6.45) is 0. The topological polar surface area (TPSA) is 32.3 Å². The molecule has 2 amide bonds. The Balaban J connectivity index is 2.40. The van der Waals surface area contributed by atoms with Gasteiger partial charge in [0.15, 0.2) is 0 Å². The third-order valence-corrected chi connectivity index (χ3v) is 2.20. The Morgan fingerprint density at radius 1 is 1.90 bits per heavy atom. The highest BCUT2D eigenvalue weighted by Gasteiger charge is 2.20. The second-order valence-electron chi connectivity index (χ2n) is 2.62. The van der Waals surface area contributed by atoms with E-state index in [1.54, 1.807) is 11.9 Å². The molecular weight excluding hydrogens is 148 g/mol. The van der Waals surface area contributed by atoms with E-state index in [2.05, 4.69) is 17.9 Å². The lowest BCUT2D eigenvalue weighted by Gasteiger charge is -2.29. The zero-order valence-electron chi connectivity index (χ0n) is 6.00. The molecule has 0 aromatic heterocycles. The number of rotatable bonds is 1. The van der Waals surface area contributed by atoms with E-state index in [0.29, 0.717) is 5.92 Å². The second kappa shape index (κ2) is 3.14. The average molecular weight is 160 g/mol. The first-order valence-corrected chi connectivity index (χ1v) is 3.97. The van der Waals surface area contributed by atoms with Crippen LogP contribution >= 0.6 is 12.6 Å². The Kier molecular flexibility index (Phi) is 2.43. The van der Waals surface area contributed by atoms with Gasteiger partial charge in [-0.1, -0.05) is 0 Å². The van der Waals surface area contributed by atoms with Crippen LogP contribution in [-0.2, 0) is 0 Å². The number of amides is 2. The van der Waals surface area contributed by atoms with E-state index in [1.807, 2.05) is 0 Å². The maximum Gasteiger partial charge on any atom is 0.317 e. The van der Waals surface area contributed by atoms with Gasteiger partial charge in [0.05, 0.1) is 0 Å². The Morgan fingerprint density at radius 2 is 2.60 bits per heavy atom. The Bertz CT molecular complexity index is 140. The van der Waals surface area contributed by atoms with Crippen molar-refractivity contribution in [3.05, 3.63) is 0 Å². The first kappa shape index (κ1) is 7.72. The Labute approximate surface area is 66.2 Å². The fraction of sp³-hybridized carbons (Fsp3) is 0.833. The monoisotopic (exact) mass is 160 g/mol. The highest BCUT2D eigenvalue weighted by molar-refractivity contribution is 7.80. The molecule has 1 atom stereocenters. The third-order valence-electron chi connectivity index (χ3n) is 1.68. The van der Waals surface area contributed by atoms with Gasteiger partial charge in [-0.3, -0.25) is 0 Å². The van der Waals surface area contributed by atoms with Crippen molar-refractivity contribution in [2.45, 2.75) is 0 Å². The van der Waals surface area contributed by atoms with Crippen LogP contribution in [0.25, 0.3) is 0 Å². The average Bonchev–Trinajstić information content (AvgIpc) is 1.95. The molecule has 0 saturated carbocycles.